The van der Waals surface area contributed by atoms with Gasteiger partial charge in [0.2, 0.25) is 11.3 Å². The number of likely N-dealkylation sites (tertiary alicyclic amines) is 1. The van der Waals surface area contributed by atoms with Crippen molar-refractivity contribution in [1.29, 1.82) is 0 Å². The Morgan fingerprint density at radius 2 is 1.88 bits per heavy atom. The second kappa shape index (κ2) is 9.23. The quantitative estimate of drug-likeness (QED) is 0.645. The third-order valence-corrected chi connectivity index (χ3v) is 5.56. The maximum absolute atomic E-state index is 14.3. The highest BCUT2D eigenvalue weighted by molar-refractivity contribution is 6.00. The predicted molar refractivity (Wildman–Crippen MR) is 120 cm³/mol. The van der Waals surface area contributed by atoms with E-state index in [4.69, 9.17) is 4.74 Å². The van der Waals surface area contributed by atoms with Crippen molar-refractivity contribution < 1.29 is 18.7 Å². The molecule has 9 heteroatoms. The van der Waals surface area contributed by atoms with Crippen LogP contribution in [-0.4, -0.2) is 46.2 Å². The topological polar surface area (TPSA) is 93.5 Å². The summed E-state index contributed by atoms with van der Waals surface area (Å²) in [6, 6.07) is 13.3. The Balaban J connectivity index is 1.60. The third kappa shape index (κ3) is 4.48. The van der Waals surface area contributed by atoms with Crippen LogP contribution in [0, 0.1) is 12.7 Å². The summed E-state index contributed by atoms with van der Waals surface area (Å²) in [5, 5.41) is 6.97. The highest BCUT2D eigenvalue weighted by Crippen LogP contribution is 2.22. The summed E-state index contributed by atoms with van der Waals surface area (Å²) in [7, 11) is 1.55. The van der Waals surface area contributed by atoms with E-state index in [1.54, 1.807) is 50.4 Å². The van der Waals surface area contributed by atoms with Gasteiger partial charge < -0.3 is 15.0 Å². The molecule has 1 aliphatic heterocycles. The van der Waals surface area contributed by atoms with Crippen LogP contribution >= 0.6 is 0 Å². The van der Waals surface area contributed by atoms with Crippen molar-refractivity contribution in [3.63, 3.8) is 0 Å². The first-order valence-corrected chi connectivity index (χ1v) is 10.5. The van der Waals surface area contributed by atoms with Crippen LogP contribution in [0.1, 0.15) is 29.0 Å². The number of anilines is 1. The molecule has 1 atom stereocenters. The average Bonchev–Trinajstić information content (AvgIpc) is 3.30. The van der Waals surface area contributed by atoms with Crippen molar-refractivity contribution in [3.8, 4) is 11.4 Å². The van der Waals surface area contributed by atoms with Crippen molar-refractivity contribution in [2.45, 2.75) is 25.8 Å². The van der Waals surface area contributed by atoms with Gasteiger partial charge in [-0.05, 0) is 56.2 Å². The fourth-order valence-corrected chi connectivity index (χ4v) is 3.88. The molecule has 1 aliphatic rings. The second-order valence-corrected chi connectivity index (χ2v) is 7.74. The molecule has 1 unspecified atom stereocenters. The van der Waals surface area contributed by atoms with Crippen LogP contribution in [0.15, 0.2) is 59.4 Å². The lowest BCUT2D eigenvalue weighted by molar-refractivity contribution is -0.119. The number of ether oxygens (including phenoxy) is 1. The summed E-state index contributed by atoms with van der Waals surface area (Å²) in [5.41, 5.74) is 0.144. The lowest BCUT2D eigenvalue weighted by Gasteiger charge is -2.24. The van der Waals surface area contributed by atoms with Crippen molar-refractivity contribution in [1.82, 2.24) is 14.7 Å². The molecular weight excluding hydrogens is 427 g/mol. The van der Waals surface area contributed by atoms with E-state index >= 15 is 0 Å². The normalized spacial score (nSPS) is 15.4. The Morgan fingerprint density at radius 1 is 1.15 bits per heavy atom. The number of carbonyl (C=O) groups is 2. The van der Waals surface area contributed by atoms with E-state index in [0.717, 1.165) is 0 Å². The van der Waals surface area contributed by atoms with Crippen LogP contribution in [-0.2, 0) is 4.79 Å². The number of nitrogens with zero attached hydrogens (tertiary/aromatic N) is 3. The number of carbonyl (C=O) groups excluding carboxylic acids is 2. The van der Waals surface area contributed by atoms with Gasteiger partial charge >= 0.3 is 0 Å². The zero-order valence-corrected chi connectivity index (χ0v) is 18.2. The Bertz CT molecular complexity index is 1260. The van der Waals surface area contributed by atoms with E-state index in [9.17, 15) is 18.8 Å². The number of aryl methyl sites for hydroxylation is 1. The maximum Gasteiger partial charge on any atom is 0.279 e. The Labute approximate surface area is 189 Å². The maximum atomic E-state index is 14.3. The van der Waals surface area contributed by atoms with Gasteiger partial charge in [-0.1, -0.05) is 12.1 Å². The van der Waals surface area contributed by atoms with Gasteiger partial charge in [0.25, 0.3) is 5.91 Å². The van der Waals surface area contributed by atoms with Crippen LogP contribution in [0.4, 0.5) is 10.1 Å². The van der Waals surface area contributed by atoms with E-state index in [1.807, 2.05) is 0 Å². The Morgan fingerprint density at radius 3 is 2.58 bits per heavy atom. The summed E-state index contributed by atoms with van der Waals surface area (Å²) >= 11 is 0. The summed E-state index contributed by atoms with van der Waals surface area (Å²) < 4.78 is 20.7. The molecule has 4 rings (SSSR count). The molecule has 170 valence electrons. The van der Waals surface area contributed by atoms with Gasteiger partial charge in [0.05, 0.1) is 7.11 Å². The average molecular weight is 450 g/mol. The van der Waals surface area contributed by atoms with Gasteiger partial charge in [-0.25, -0.2) is 9.07 Å². The number of hydrogen-bond acceptors (Lipinski definition) is 5. The smallest absolute Gasteiger partial charge is 0.279 e. The first kappa shape index (κ1) is 22.2. The zero-order valence-electron chi connectivity index (χ0n) is 18.2. The van der Waals surface area contributed by atoms with Gasteiger partial charge in [0.15, 0.2) is 5.69 Å². The Kier molecular flexibility index (Phi) is 6.21. The van der Waals surface area contributed by atoms with E-state index in [0.29, 0.717) is 36.5 Å². The summed E-state index contributed by atoms with van der Waals surface area (Å²) in [4.78, 5) is 40.1. The standard InChI is InChI=1S/C24H23FN4O4/c1-15-14-21(30)22(27-29(15)19-7-4-3-6-18(19)25)24(32)28-13-5-8-20(28)23(31)26-16-9-11-17(33-2)12-10-16/h3-4,6-7,9-12,14,20H,5,8,13H2,1-2H3,(H,26,31). The number of methoxy groups -OCH3 is 1. The molecule has 2 amide bonds. The highest BCUT2D eigenvalue weighted by atomic mass is 19.1. The number of para-hydroxylation sites is 1. The molecule has 1 fully saturated rings. The second-order valence-electron chi connectivity index (χ2n) is 7.74. The molecule has 8 nitrogen and oxygen atoms in total. The molecule has 1 N–H and O–H groups in total. The minimum absolute atomic E-state index is 0.124. The fraction of sp³-hybridized carbons (Fsp3) is 0.250. The van der Waals surface area contributed by atoms with Crippen molar-refractivity contribution in [2.75, 3.05) is 19.0 Å². The molecule has 1 aromatic heterocycles. The molecule has 0 saturated carbocycles. The van der Waals surface area contributed by atoms with Crippen molar-refractivity contribution in [2.24, 2.45) is 0 Å². The van der Waals surface area contributed by atoms with E-state index < -0.39 is 23.2 Å². The van der Waals surface area contributed by atoms with E-state index in [-0.39, 0.29) is 17.3 Å². The molecule has 2 aromatic carbocycles. The molecule has 0 radical (unpaired) electrons. The van der Waals surface area contributed by atoms with Gasteiger partial charge in [-0.3, -0.25) is 14.4 Å². The molecule has 3 aromatic rings. The fourth-order valence-electron chi connectivity index (χ4n) is 3.88. The lowest BCUT2D eigenvalue weighted by Crippen LogP contribution is -2.45. The number of halogens is 1. The summed E-state index contributed by atoms with van der Waals surface area (Å²) in [6.45, 7) is 1.92. The summed E-state index contributed by atoms with van der Waals surface area (Å²) in [5.74, 6) is -0.889. The zero-order chi connectivity index (χ0) is 23.5. The molecule has 1 saturated heterocycles. The van der Waals surface area contributed by atoms with Crippen LogP contribution in [0.25, 0.3) is 5.69 Å². The van der Waals surface area contributed by atoms with Crippen molar-refractivity contribution in [3.05, 3.63) is 82.0 Å². The predicted octanol–water partition coefficient (Wildman–Crippen LogP) is 2.93. The van der Waals surface area contributed by atoms with E-state index in [1.165, 1.54) is 27.8 Å². The monoisotopic (exact) mass is 450 g/mol. The first-order valence-electron chi connectivity index (χ1n) is 10.5. The number of hydrogen-bond donors (Lipinski definition) is 1. The number of amides is 2. The van der Waals surface area contributed by atoms with E-state index in [2.05, 4.69) is 10.4 Å². The third-order valence-electron chi connectivity index (χ3n) is 5.56. The SMILES string of the molecule is COc1ccc(NC(=O)C2CCCN2C(=O)c2nn(-c3ccccc3F)c(C)cc2=O)cc1. The van der Waals surface area contributed by atoms with Gasteiger partial charge in [0, 0.05) is 24.0 Å². The first-order chi connectivity index (χ1) is 15.9. The summed E-state index contributed by atoms with van der Waals surface area (Å²) in [6.07, 6.45) is 1.07. The van der Waals surface area contributed by atoms with Crippen LogP contribution < -0.4 is 15.5 Å². The number of rotatable bonds is 5. The largest absolute Gasteiger partial charge is 0.497 e. The minimum atomic E-state index is -0.746. The minimum Gasteiger partial charge on any atom is -0.497 e. The van der Waals surface area contributed by atoms with Gasteiger partial charge in [-0.15, -0.1) is 0 Å². The lowest BCUT2D eigenvalue weighted by atomic mass is 10.2. The van der Waals surface area contributed by atoms with Gasteiger partial charge in [-0.2, -0.15) is 5.10 Å². The van der Waals surface area contributed by atoms with Crippen LogP contribution in [0.2, 0.25) is 0 Å². The van der Waals surface area contributed by atoms with Gasteiger partial charge in [0.1, 0.15) is 23.3 Å². The molecule has 2 heterocycles. The van der Waals surface area contributed by atoms with Crippen LogP contribution in [0.3, 0.4) is 0 Å². The molecular formula is C24H23FN4O4. The molecule has 33 heavy (non-hydrogen) atoms. The number of aromatic nitrogens is 2. The van der Waals surface area contributed by atoms with Crippen molar-refractivity contribution >= 4 is 17.5 Å². The number of nitrogens with one attached hydrogen (secondary N) is 1. The molecule has 0 bridgehead atoms. The Hall–Kier alpha value is -4.01. The molecule has 0 spiro atoms. The number of benzene rings is 2. The highest BCUT2D eigenvalue weighted by Gasteiger charge is 2.36. The van der Waals surface area contributed by atoms with Crippen LogP contribution in [0.5, 0.6) is 5.75 Å². The molecule has 0 aliphatic carbocycles.